The van der Waals surface area contributed by atoms with E-state index in [1.54, 1.807) is 19.2 Å². The Morgan fingerprint density at radius 3 is 2.42 bits per heavy atom. The van der Waals surface area contributed by atoms with E-state index in [1.807, 2.05) is 24.3 Å². The molecule has 1 atom stereocenters. The summed E-state index contributed by atoms with van der Waals surface area (Å²) >= 11 is 0. The fourth-order valence-electron chi connectivity index (χ4n) is 3.17. The van der Waals surface area contributed by atoms with Crippen molar-refractivity contribution in [2.75, 3.05) is 24.4 Å². The molecule has 0 saturated carbocycles. The number of benzene rings is 2. The van der Waals surface area contributed by atoms with E-state index in [-0.39, 0.29) is 18.5 Å². The van der Waals surface area contributed by atoms with Crippen LogP contribution in [0.2, 0.25) is 0 Å². The quantitative estimate of drug-likeness (QED) is 0.449. The number of methoxy groups -OCH3 is 1. The lowest BCUT2D eigenvalue weighted by Crippen LogP contribution is -2.27. The van der Waals surface area contributed by atoms with Gasteiger partial charge in [-0.25, -0.2) is 4.39 Å². The molecule has 0 aliphatic heterocycles. The summed E-state index contributed by atoms with van der Waals surface area (Å²) in [5.74, 6) is 2.02. The Morgan fingerprint density at radius 2 is 1.77 bits per heavy atom. The van der Waals surface area contributed by atoms with Gasteiger partial charge in [0.15, 0.2) is 0 Å². The fourth-order valence-corrected chi connectivity index (χ4v) is 3.17. The molecule has 7 nitrogen and oxygen atoms in total. The highest BCUT2D eigenvalue weighted by Crippen LogP contribution is 2.19. The Hall–Kier alpha value is -3.26. The molecule has 0 spiro atoms. The molecule has 0 aliphatic carbocycles. The van der Waals surface area contributed by atoms with Crippen LogP contribution in [0.4, 0.5) is 22.0 Å². The van der Waals surface area contributed by atoms with Gasteiger partial charge in [0.25, 0.3) is 0 Å². The van der Waals surface area contributed by atoms with Crippen LogP contribution in [0.1, 0.15) is 31.7 Å². The summed E-state index contributed by atoms with van der Waals surface area (Å²) in [5.41, 5.74) is 1.55. The van der Waals surface area contributed by atoms with Crippen LogP contribution in [-0.4, -0.2) is 39.8 Å². The van der Waals surface area contributed by atoms with Crippen LogP contribution in [0.5, 0.6) is 5.75 Å². The number of anilines is 3. The zero-order valence-corrected chi connectivity index (χ0v) is 18.0. The van der Waals surface area contributed by atoms with Crippen molar-refractivity contribution in [2.24, 2.45) is 5.92 Å². The first-order valence-electron chi connectivity index (χ1n) is 10.2. The maximum Gasteiger partial charge on any atom is 0.232 e. The molecule has 0 bridgehead atoms. The van der Waals surface area contributed by atoms with Crippen molar-refractivity contribution in [3.63, 3.8) is 0 Å². The Balaban J connectivity index is 1.88. The van der Waals surface area contributed by atoms with E-state index in [4.69, 9.17) is 4.74 Å². The van der Waals surface area contributed by atoms with Gasteiger partial charge in [-0.15, -0.1) is 0 Å². The summed E-state index contributed by atoms with van der Waals surface area (Å²) in [4.78, 5) is 13.5. The lowest BCUT2D eigenvalue weighted by atomic mass is 10.0. The summed E-state index contributed by atoms with van der Waals surface area (Å²) < 4.78 is 18.8. The van der Waals surface area contributed by atoms with Gasteiger partial charge < -0.3 is 20.5 Å². The molecular weight excluding hydrogens is 397 g/mol. The molecule has 3 N–H and O–H groups in total. The Bertz CT molecular complexity index is 982. The molecule has 31 heavy (non-hydrogen) atoms. The van der Waals surface area contributed by atoms with Crippen LogP contribution in [0.3, 0.4) is 0 Å². The lowest BCUT2D eigenvalue weighted by Gasteiger charge is -2.19. The Morgan fingerprint density at radius 1 is 1.03 bits per heavy atom. The van der Waals surface area contributed by atoms with Crippen molar-refractivity contribution in [3.8, 4) is 5.75 Å². The van der Waals surface area contributed by atoms with E-state index in [2.05, 4.69) is 39.4 Å². The zero-order chi connectivity index (χ0) is 22.2. The van der Waals surface area contributed by atoms with Gasteiger partial charge >= 0.3 is 0 Å². The lowest BCUT2D eigenvalue weighted by molar-refractivity contribution is 0.259. The molecule has 0 amide bonds. The number of hydrogen-bond acceptors (Lipinski definition) is 7. The van der Waals surface area contributed by atoms with E-state index in [1.165, 1.54) is 12.1 Å². The van der Waals surface area contributed by atoms with Crippen LogP contribution in [-0.2, 0) is 6.42 Å². The van der Waals surface area contributed by atoms with Crippen LogP contribution in [0.15, 0.2) is 48.5 Å². The highest BCUT2D eigenvalue weighted by molar-refractivity contribution is 5.54. The molecule has 0 saturated heterocycles. The third-order valence-electron chi connectivity index (χ3n) is 4.59. The molecule has 0 fully saturated rings. The van der Waals surface area contributed by atoms with Gasteiger partial charge in [-0.3, -0.25) is 0 Å². The number of halogens is 1. The summed E-state index contributed by atoms with van der Waals surface area (Å²) in [5, 5.41) is 16.0. The predicted octanol–water partition coefficient (Wildman–Crippen LogP) is 4.17. The average molecular weight is 426 g/mol. The third kappa shape index (κ3) is 6.89. The Labute approximate surface area is 181 Å². The van der Waals surface area contributed by atoms with Crippen LogP contribution >= 0.6 is 0 Å². The van der Waals surface area contributed by atoms with Crippen LogP contribution < -0.4 is 15.4 Å². The minimum absolute atomic E-state index is 0.0374. The number of nitrogens with zero attached hydrogens (tertiary/aromatic N) is 3. The van der Waals surface area contributed by atoms with Gasteiger partial charge in [-0.05, 0) is 48.2 Å². The topological polar surface area (TPSA) is 92.2 Å². The second-order valence-electron chi connectivity index (χ2n) is 7.71. The van der Waals surface area contributed by atoms with Crippen molar-refractivity contribution < 1.29 is 14.2 Å². The molecular formula is C23H28FN5O2. The van der Waals surface area contributed by atoms with E-state index in [0.29, 0.717) is 35.7 Å². The van der Waals surface area contributed by atoms with Crippen molar-refractivity contribution in [1.29, 1.82) is 0 Å². The molecule has 0 unspecified atom stereocenters. The molecule has 164 valence electrons. The summed E-state index contributed by atoms with van der Waals surface area (Å²) in [6.45, 7) is 4.14. The standard InChI is InChI=1S/C23H28FN5O2/c1-15(2)11-19(14-30)26-23-28-21(12-16-7-9-20(31-3)10-8-16)27-22(29-23)25-18-6-4-5-17(24)13-18/h4-10,13,15,19,30H,11-12,14H2,1-3H3,(H2,25,26,27,28,29)/t19-/m0/s1. The molecule has 0 aliphatic rings. The number of aliphatic hydroxyl groups excluding tert-OH is 1. The van der Waals surface area contributed by atoms with E-state index >= 15 is 0 Å². The number of rotatable bonds is 10. The summed E-state index contributed by atoms with van der Waals surface area (Å²) in [6.07, 6.45) is 1.25. The second kappa shape index (κ2) is 10.7. The van der Waals surface area contributed by atoms with Gasteiger partial charge in [-0.2, -0.15) is 15.0 Å². The SMILES string of the molecule is COc1ccc(Cc2nc(Nc3cccc(F)c3)nc(N[C@H](CO)CC(C)C)n2)cc1. The van der Waals surface area contributed by atoms with Crippen molar-refractivity contribution >= 4 is 17.6 Å². The molecule has 8 heteroatoms. The Kier molecular flexibility index (Phi) is 7.72. The number of nitrogens with one attached hydrogen (secondary N) is 2. The average Bonchev–Trinajstić information content (AvgIpc) is 2.73. The minimum atomic E-state index is -0.354. The molecule has 1 aromatic heterocycles. The van der Waals surface area contributed by atoms with Gasteiger partial charge in [-0.1, -0.05) is 32.0 Å². The second-order valence-corrected chi connectivity index (χ2v) is 7.71. The number of aromatic nitrogens is 3. The van der Waals surface area contributed by atoms with E-state index in [9.17, 15) is 9.50 Å². The highest BCUT2D eigenvalue weighted by atomic mass is 19.1. The zero-order valence-electron chi connectivity index (χ0n) is 18.0. The van der Waals surface area contributed by atoms with E-state index < -0.39 is 0 Å². The molecule has 1 heterocycles. The molecule has 2 aromatic carbocycles. The number of ether oxygens (including phenoxy) is 1. The van der Waals surface area contributed by atoms with Crippen molar-refractivity contribution in [1.82, 2.24) is 15.0 Å². The largest absolute Gasteiger partial charge is 0.497 e. The first-order chi connectivity index (χ1) is 14.9. The molecule has 0 radical (unpaired) electrons. The third-order valence-corrected chi connectivity index (χ3v) is 4.59. The van der Waals surface area contributed by atoms with Gasteiger partial charge in [0.2, 0.25) is 11.9 Å². The summed E-state index contributed by atoms with van der Waals surface area (Å²) in [7, 11) is 1.62. The first-order valence-corrected chi connectivity index (χ1v) is 10.2. The minimum Gasteiger partial charge on any atom is -0.497 e. The molecule has 3 rings (SSSR count). The van der Waals surface area contributed by atoms with Crippen molar-refractivity contribution in [3.05, 3.63) is 65.7 Å². The van der Waals surface area contributed by atoms with Crippen LogP contribution in [0.25, 0.3) is 0 Å². The maximum absolute atomic E-state index is 13.6. The van der Waals surface area contributed by atoms with Gasteiger partial charge in [0.05, 0.1) is 19.8 Å². The molecule has 3 aromatic rings. The normalized spacial score (nSPS) is 11.9. The van der Waals surface area contributed by atoms with Gasteiger partial charge in [0, 0.05) is 12.1 Å². The smallest absolute Gasteiger partial charge is 0.232 e. The van der Waals surface area contributed by atoms with Crippen LogP contribution in [0, 0.1) is 11.7 Å². The maximum atomic E-state index is 13.6. The fraction of sp³-hybridized carbons (Fsp3) is 0.348. The summed E-state index contributed by atoms with van der Waals surface area (Å²) in [6, 6.07) is 13.6. The number of aliphatic hydroxyl groups is 1. The highest BCUT2D eigenvalue weighted by Gasteiger charge is 2.14. The predicted molar refractivity (Wildman–Crippen MR) is 119 cm³/mol. The van der Waals surface area contributed by atoms with E-state index in [0.717, 1.165) is 17.7 Å². The first kappa shape index (κ1) is 22.4. The number of hydrogen-bond donors (Lipinski definition) is 3. The van der Waals surface area contributed by atoms with Crippen molar-refractivity contribution in [2.45, 2.75) is 32.7 Å². The monoisotopic (exact) mass is 425 g/mol. The van der Waals surface area contributed by atoms with Gasteiger partial charge in [0.1, 0.15) is 17.4 Å².